The van der Waals surface area contributed by atoms with E-state index in [1.165, 1.54) is 4.88 Å². The molecule has 3 nitrogen and oxygen atoms in total. The number of β-amino-alcohol motifs (C(OH)–C–C–N with tert-alkyl or cyclic N) is 1. The summed E-state index contributed by atoms with van der Waals surface area (Å²) in [7, 11) is 0. The first-order valence-corrected chi connectivity index (χ1v) is 4.90. The van der Waals surface area contributed by atoms with E-state index in [1.807, 2.05) is 13.1 Å². The minimum Gasteiger partial charge on any atom is -0.391 e. The summed E-state index contributed by atoms with van der Waals surface area (Å²) in [6.07, 6.45) is 1.64. The molecule has 0 spiro atoms. The number of hydrogen-bond acceptors (Lipinski definition) is 4. The molecule has 0 saturated carbocycles. The van der Waals surface area contributed by atoms with Crippen LogP contribution >= 0.6 is 11.3 Å². The van der Waals surface area contributed by atoms with Crippen molar-refractivity contribution in [1.82, 2.24) is 10.3 Å². The van der Waals surface area contributed by atoms with E-state index in [1.54, 1.807) is 11.3 Å². The maximum absolute atomic E-state index is 9.57. The molecule has 66 valence electrons. The smallest absolute Gasteiger partial charge is 0.0896 e. The van der Waals surface area contributed by atoms with Crippen LogP contribution in [0.15, 0.2) is 6.20 Å². The fourth-order valence-electron chi connectivity index (χ4n) is 1.50. The second kappa shape index (κ2) is 3.12. The molecule has 0 radical (unpaired) electrons. The van der Waals surface area contributed by atoms with Crippen molar-refractivity contribution < 1.29 is 5.11 Å². The zero-order valence-corrected chi connectivity index (χ0v) is 7.77. The molecule has 1 saturated heterocycles. The van der Waals surface area contributed by atoms with E-state index in [0.717, 1.165) is 11.6 Å². The third kappa shape index (κ3) is 1.37. The van der Waals surface area contributed by atoms with Gasteiger partial charge in [0.05, 0.1) is 11.1 Å². The number of hydrogen-bond donors (Lipinski definition) is 2. The zero-order chi connectivity index (χ0) is 8.55. The van der Waals surface area contributed by atoms with Crippen molar-refractivity contribution in [2.75, 3.05) is 13.1 Å². The summed E-state index contributed by atoms with van der Waals surface area (Å²) in [5.41, 5.74) is 0. The number of aliphatic hydroxyl groups excluding tert-OH is 1. The molecule has 1 fully saturated rings. The molecule has 0 amide bonds. The van der Waals surface area contributed by atoms with Gasteiger partial charge < -0.3 is 10.4 Å². The molecule has 0 bridgehead atoms. The minimum absolute atomic E-state index is 0.232. The van der Waals surface area contributed by atoms with Crippen LogP contribution in [0.5, 0.6) is 0 Å². The molecule has 0 aliphatic carbocycles. The largest absolute Gasteiger partial charge is 0.391 e. The highest BCUT2D eigenvalue weighted by atomic mass is 32.1. The Hall–Kier alpha value is -0.450. The molecule has 1 aromatic rings. The van der Waals surface area contributed by atoms with Gasteiger partial charge in [-0.3, -0.25) is 0 Å². The number of aryl methyl sites for hydroxylation is 1. The highest BCUT2D eigenvalue weighted by molar-refractivity contribution is 7.11. The first-order chi connectivity index (χ1) is 5.77. The molecule has 2 atom stereocenters. The molecular weight excluding hydrogens is 172 g/mol. The van der Waals surface area contributed by atoms with E-state index in [4.69, 9.17) is 0 Å². The fraction of sp³-hybridized carbons (Fsp3) is 0.625. The normalized spacial score (nSPS) is 29.5. The van der Waals surface area contributed by atoms with E-state index in [0.29, 0.717) is 6.54 Å². The van der Waals surface area contributed by atoms with Crippen molar-refractivity contribution in [2.24, 2.45) is 0 Å². The lowest BCUT2D eigenvalue weighted by atomic mass is 10.1. The van der Waals surface area contributed by atoms with Crippen molar-refractivity contribution in [1.29, 1.82) is 0 Å². The topological polar surface area (TPSA) is 45.2 Å². The second-order valence-electron chi connectivity index (χ2n) is 3.11. The van der Waals surface area contributed by atoms with E-state index in [9.17, 15) is 5.11 Å². The van der Waals surface area contributed by atoms with Gasteiger partial charge in [0.15, 0.2) is 0 Å². The Balaban J connectivity index is 2.19. The summed E-state index contributed by atoms with van der Waals surface area (Å²) < 4.78 is 0. The van der Waals surface area contributed by atoms with Crippen LogP contribution in [-0.4, -0.2) is 29.3 Å². The van der Waals surface area contributed by atoms with E-state index in [-0.39, 0.29) is 12.0 Å². The predicted molar refractivity (Wildman–Crippen MR) is 48.5 cm³/mol. The van der Waals surface area contributed by atoms with Gasteiger partial charge in [-0.2, -0.15) is 0 Å². The Labute approximate surface area is 75.5 Å². The number of nitrogens with zero attached hydrogens (tertiary/aromatic N) is 1. The van der Waals surface area contributed by atoms with Gasteiger partial charge in [-0.15, -0.1) is 11.3 Å². The summed E-state index contributed by atoms with van der Waals surface area (Å²) >= 11 is 1.68. The van der Waals surface area contributed by atoms with Crippen molar-refractivity contribution in [2.45, 2.75) is 18.9 Å². The Morgan fingerprint density at radius 1 is 1.67 bits per heavy atom. The van der Waals surface area contributed by atoms with Gasteiger partial charge in [0.2, 0.25) is 0 Å². The average Bonchev–Trinajstić information content (AvgIpc) is 2.58. The molecular formula is C8H12N2OS. The van der Waals surface area contributed by atoms with Crippen LogP contribution in [0.1, 0.15) is 15.8 Å². The lowest BCUT2D eigenvalue weighted by Gasteiger charge is -2.09. The lowest BCUT2D eigenvalue weighted by Crippen LogP contribution is -2.15. The van der Waals surface area contributed by atoms with Gasteiger partial charge in [-0.1, -0.05) is 0 Å². The van der Waals surface area contributed by atoms with Crippen LogP contribution < -0.4 is 5.32 Å². The molecule has 12 heavy (non-hydrogen) atoms. The summed E-state index contributed by atoms with van der Waals surface area (Å²) in [5, 5.41) is 13.8. The predicted octanol–water partition coefficient (Wildman–Crippen LogP) is 0.499. The monoisotopic (exact) mass is 184 g/mol. The summed E-state index contributed by atoms with van der Waals surface area (Å²) in [4.78, 5) is 5.37. The molecule has 2 unspecified atom stereocenters. The third-order valence-electron chi connectivity index (χ3n) is 2.19. The molecule has 0 aromatic carbocycles. The second-order valence-corrected chi connectivity index (χ2v) is 4.38. The standard InChI is InChI=1S/C8H12N2OS/c1-5-10-4-8(12-5)6-2-9-3-7(6)11/h4,6-7,9,11H,2-3H2,1H3. The summed E-state index contributed by atoms with van der Waals surface area (Å²) in [5.74, 6) is 0.260. The first-order valence-electron chi connectivity index (χ1n) is 4.08. The molecule has 2 N–H and O–H groups in total. The van der Waals surface area contributed by atoms with Gasteiger partial charge in [0.25, 0.3) is 0 Å². The average molecular weight is 184 g/mol. The zero-order valence-electron chi connectivity index (χ0n) is 6.95. The number of thiazole rings is 1. The Kier molecular flexibility index (Phi) is 2.12. The van der Waals surface area contributed by atoms with Gasteiger partial charge >= 0.3 is 0 Å². The number of rotatable bonds is 1. The molecule has 1 aliphatic rings. The summed E-state index contributed by atoms with van der Waals surface area (Å²) in [6.45, 7) is 3.58. The van der Waals surface area contributed by atoms with Crippen molar-refractivity contribution in [3.05, 3.63) is 16.1 Å². The Morgan fingerprint density at radius 2 is 2.50 bits per heavy atom. The number of aromatic nitrogens is 1. The van der Waals surface area contributed by atoms with Crippen LogP contribution in [0, 0.1) is 6.92 Å². The minimum atomic E-state index is -0.232. The van der Waals surface area contributed by atoms with Crippen LogP contribution in [0.3, 0.4) is 0 Å². The fourth-order valence-corrected chi connectivity index (χ4v) is 2.45. The van der Waals surface area contributed by atoms with Crippen LogP contribution in [0.25, 0.3) is 0 Å². The van der Waals surface area contributed by atoms with Gasteiger partial charge in [-0.25, -0.2) is 4.98 Å². The van der Waals surface area contributed by atoms with Gasteiger partial charge in [0.1, 0.15) is 0 Å². The molecule has 1 aromatic heterocycles. The quantitative estimate of drug-likeness (QED) is 0.668. The molecule has 2 heterocycles. The summed E-state index contributed by atoms with van der Waals surface area (Å²) in [6, 6.07) is 0. The number of nitrogens with one attached hydrogen (secondary N) is 1. The van der Waals surface area contributed by atoms with Gasteiger partial charge in [0, 0.05) is 30.1 Å². The van der Waals surface area contributed by atoms with Crippen molar-refractivity contribution in [3.63, 3.8) is 0 Å². The van der Waals surface area contributed by atoms with Crippen LogP contribution in [0.2, 0.25) is 0 Å². The van der Waals surface area contributed by atoms with E-state index < -0.39 is 0 Å². The van der Waals surface area contributed by atoms with Crippen LogP contribution in [0.4, 0.5) is 0 Å². The van der Waals surface area contributed by atoms with E-state index >= 15 is 0 Å². The van der Waals surface area contributed by atoms with Gasteiger partial charge in [-0.05, 0) is 6.92 Å². The SMILES string of the molecule is Cc1ncc(C2CNCC2O)s1. The maximum Gasteiger partial charge on any atom is 0.0896 e. The van der Waals surface area contributed by atoms with E-state index in [2.05, 4.69) is 10.3 Å². The molecule has 2 rings (SSSR count). The highest BCUT2D eigenvalue weighted by Gasteiger charge is 2.27. The first kappa shape index (κ1) is 8.16. The van der Waals surface area contributed by atoms with Crippen LogP contribution in [-0.2, 0) is 0 Å². The Bertz CT molecular complexity index is 274. The maximum atomic E-state index is 9.57. The third-order valence-corrected chi connectivity index (χ3v) is 3.23. The molecule has 1 aliphatic heterocycles. The molecule has 4 heteroatoms. The van der Waals surface area contributed by atoms with Crippen molar-refractivity contribution >= 4 is 11.3 Å². The highest BCUT2D eigenvalue weighted by Crippen LogP contribution is 2.27. The Morgan fingerprint density at radius 3 is 3.00 bits per heavy atom. The lowest BCUT2D eigenvalue weighted by molar-refractivity contribution is 0.179. The number of aliphatic hydroxyl groups is 1. The van der Waals surface area contributed by atoms with Crippen molar-refractivity contribution in [3.8, 4) is 0 Å².